The predicted molar refractivity (Wildman–Crippen MR) is 81.4 cm³/mol. The Labute approximate surface area is 117 Å². The number of nitrogens with zero attached hydrogens (tertiary/aromatic N) is 1. The van der Waals surface area contributed by atoms with Crippen LogP contribution < -0.4 is 16.0 Å². The molecule has 0 aromatic heterocycles. The summed E-state index contributed by atoms with van der Waals surface area (Å²) in [5.41, 5.74) is 0. The minimum absolute atomic E-state index is 0.0876. The van der Waals surface area contributed by atoms with Gasteiger partial charge in [-0.15, -0.1) is 0 Å². The van der Waals surface area contributed by atoms with Crippen LogP contribution in [0.1, 0.15) is 46.5 Å². The van der Waals surface area contributed by atoms with Gasteiger partial charge >= 0.3 is 0 Å². The standard InChI is InChI=1S/C14H30N4O/c1-5-9-16-13(19)8-11-18-14(15-4)17-10-6-7-12(2)3/h12H,5-11H2,1-4H3,(H,16,19)(H2,15,17,18). The first kappa shape index (κ1) is 17.7. The number of amides is 1. The fraction of sp³-hybridized carbons (Fsp3) is 0.857. The molecule has 5 nitrogen and oxygen atoms in total. The third kappa shape index (κ3) is 11.6. The molecule has 0 rings (SSSR count). The van der Waals surface area contributed by atoms with E-state index in [1.54, 1.807) is 7.05 Å². The van der Waals surface area contributed by atoms with Gasteiger partial charge in [0.2, 0.25) is 5.91 Å². The monoisotopic (exact) mass is 270 g/mol. The average Bonchev–Trinajstić information content (AvgIpc) is 2.38. The highest BCUT2D eigenvalue weighted by Crippen LogP contribution is 2.01. The minimum Gasteiger partial charge on any atom is -0.356 e. The van der Waals surface area contributed by atoms with E-state index in [0.717, 1.165) is 37.8 Å². The average molecular weight is 270 g/mol. The smallest absolute Gasteiger partial charge is 0.221 e. The Bertz CT molecular complexity index is 264. The largest absolute Gasteiger partial charge is 0.356 e. The number of hydrogen-bond donors (Lipinski definition) is 3. The number of guanidine groups is 1. The van der Waals surface area contributed by atoms with E-state index in [9.17, 15) is 4.79 Å². The molecular weight excluding hydrogens is 240 g/mol. The molecule has 0 spiro atoms. The van der Waals surface area contributed by atoms with E-state index in [-0.39, 0.29) is 5.91 Å². The van der Waals surface area contributed by atoms with Crippen LogP contribution in [0.15, 0.2) is 4.99 Å². The van der Waals surface area contributed by atoms with Crippen LogP contribution in [0.2, 0.25) is 0 Å². The zero-order chi connectivity index (χ0) is 14.5. The highest BCUT2D eigenvalue weighted by Gasteiger charge is 2.01. The van der Waals surface area contributed by atoms with E-state index < -0.39 is 0 Å². The van der Waals surface area contributed by atoms with Crippen molar-refractivity contribution in [2.45, 2.75) is 46.5 Å². The zero-order valence-electron chi connectivity index (χ0n) is 12.9. The molecule has 3 N–H and O–H groups in total. The molecule has 0 radical (unpaired) electrons. The number of hydrogen-bond acceptors (Lipinski definition) is 2. The van der Waals surface area contributed by atoms with Crippen molar-refractivity contribution in [2.24, 2.45) is 10.9 Å². The van der Waals surface area contributed by atoms with Crippen molar-refractivity contribution in [3.05, 3.63) is 0 Å². The first-order valence-corrected chi connectivity index (χ1v) is 7.31. The third-order valence-electron chi connectivity index (χ3n) is 2.69. The van der Waals surface area contributed by atoms with E-state index in [4.69, 9.17) is 0 Å². The van der Waals surface area contributed by atoms with Crippen LogP contribution in [0.25, 0.3) is 0 Å². The Morgan fingerprint density at radius 2 is 1.79 bits per heavy atom. The highest BCUT2D eigenvalue weighted by atomic mass is 16.1. The molecule has 0 unspecified atom stereocenters. The second-order valence-corrected chi connectivity index (χ2v) is 5.06. The molecule has 0 saturated carbocycles. The zero-order valence-corrected chi connectivity index (χ0v) is 12.9. The van der Waals surface area contributed by atoms with Gasteiger partial charge in [0.05, 0.1) is 0 Å². The first-order chi connectivity index (χ1) is 9.10. The van der Waals surface area contributed by atoms with Gasteiger partial charge in [0.25, 0.3) is 0 Å². The maximum atomic E-state index is 11.4. The lowest BCUT2D eigenvalue weighted by Crippen LogP contribution is -2.39. The summed E-state index contributed by atoms with van der Waals surface area (Å²) >= 11 is 0. The lowest BCUT2D eigenvalue weighted by molar-refractivity contribution is -0.120. The number of aliphatic imine (C=N–C) groups is 1. The van der Waals surface area contributed by atoms with Gasteiger partial charge in [-0.1, -0.05) is 20.8 Å². The molecule has 0 heterocycles. The quantitative estimate of drug-likeness (QED) is 0.338. The van der Waals surface area contributed by atoms with Crippen molar-refractivity contribution in [1.82, 2.24) is 16.0 Å². The number of carbonyl (C=O) groups excluding carboxylic acids is 1. The number of rotatable bonds is 9. The SMILES string of the molecule is CCCNC(=O)CCNC(=NC)NCCCC(C)C. The molecule has 0 atom stereocenters. The van der Waals surface area contributed by atoms with E-state index >= 15 is 0 Å². The Kier molecular flexibility index (Phi) is 11.0. The molecular formula is C14H30N4O. The predicted octanol–water partition coefficient (Wildman–Crippen LogP) is 1.50. The topological polar surface area (TPSA) is 65.5 Å². The molecule has 112 valence electrons. The van der Waals surface area contributed by atoms with Crippen LogP contribution in [0, 0.1) is 5.92 Å². The van der Waals surface area contributed by atoms with Crippen molar-refractivity contribution in [3.8, 4) is 0 Å². The van der Waals surface area contributed by atoms with Gasteiger partial charge < -0.3 is 16.0 Å². The van der Waals surface area contributed by atoms with Crippen LogP contribution in [0.4, 0.5) is 0 Å². The molecule has 0 aromatic carbocycles. The lowest BCUT2D eigenvalue weighted by Gasteiger charge is -2.12. The number of nitrogens with one attached hydrogen (secondary N) is 3. The van der Waals surface area contributed by atoms with Crippen LogP contribution in [-0.4, -0.2) is 38.5 Å². The maximum absolute atomic E-state index is 11.4. The van der Waals surface area contributed by atoms with Gasteiger partial charge in [0, 0.05) is 33.1 Å². The van der Waals surface area contributed by atoms with Crippen molar-refractivity contribution in [1.29, 1.82) is 0 Å². The summed E-state index contributed by atoms with van der Waals surface area (Å²) in [7, 11) is 1.74. The van der Waals surface area contributed by atoms with Gasteiger partial charge in [0.1, 0.15) is 0 Å². The second-order valence-electron chi connectivity index (χ2n) is 5.06. The highest BCUT2D eigenvalue weighted by molar-refractivity contribution is 5.81. The Balaban J connectivity index is 3.62. The van der Waals surface area contributed by atoms with Crippen molar-refractivity contribution in [3.63, 3.8) is 0 Å². The summed E-state index contributed by atoms with van der Waals surface area (Å²) in [5, 5.41) is 9.24. The molecule has 0 fully saturated rings. The van der Waals surface area contributed by atoms with Crippen molar-refractivity contribution in [2.75, 3.05) is 26.7 Å². The second kappa shape index (κ2) is 11.8. The fourth-order valence-electron chi connectivity index (χ4n) is 1.58. The van der Waals surface area contributed by atoms with Gasteiger partial charge in [-0.05, 0) is 25.2 Å². The molecule has 0 aromatic rings. The molecule has 0 saturated heterocycles. The van der Waals surface area contributed by atoms with Crippen LogP contribution in [-0.2, 0) is 4.79 Å². The maximum Gasteiger partial charge on any atom is 0.221 e. The number of carbonyl (C=O) groups is 1. The Hall–Kier alpha value is -1.26. The summed E-state index contributed by atoms with van der Waals surface area (Å²) in [6.45, 7) is 8.77. The normalized spacial score (nSPS) is 11.5. The molecule has 0 aliphatic heterocycles. The molecule has 1 amide bonds. The molecule has 5 heteroatoms. The van der Waals surface area contributed by atoms with Crippen molar-refractivity contribution < 1.29 is 4.79 Å². The summed E-state index contributed by atoms with van der Waals surface area (Å²) in [5.74, 6) is 1.59. The lowest BCUT2D eigenvalue weighted by atomic mass is 10.1. The molecule has 19 heavy (non-hydrogen) atoms. The van der Waals surface area contributed by atoms with E-state index in [1.165, 1.54) is 6.42 Å². The fourth-order valence-corrected chi connectivity index (χ4v) is 1.58. The summed E-state index contributed by atoms with van der Waals surface area (Å²) < 4.78 is 0. The molecule has 0 bridgehead atoms. The van der Waals surface area contributed by atoms with E-state index in [1.807, 2.05) is 6.92 Å². The third-order valence-corrected chi connectivity index (χ3v) is 2.69. The summed E-state index contributed by atoms with van der Waals surface area (Å²) in [6, 6.07) is 0. The van der Waals surface area contributed by atoms with E-state index in [0.29, 0.717) is 13.0 Å². The van der Waals surface area contributed by atoms with Gasteiger partial charge in [0.15, 0.2) is 5.96 Å². The molecule has 0 aliphatic rings. The van der Waals surface area contributed by atoms with Gasteiger partial charge in [-0.25, -0.2) is 0 Å². The Morgan fingerprint density at radius 1 is 1.11 bits per heavy atom. The Morgan fingerprint density at radius 3 is 2.37 bits per heavy atom. The summed E-state index contributed by atoms with van der Waals surface area (Å²) in [6.07, 6.45) is 3.80. The van der Waals surface area contributed by atoms with Gasteiger partial charge in [-0.2, -0.15) is 0 Å². The van der Waals surface area contributed by atoms with E-state index in [2.05, 4.69) is 34.8 Å². The van der Waals surface area contributed by atoms with Gasteiger partial charge in [-0.3, -0.25) is 9.79 Å². The van der Waals surface area contributed by atoms with Crippen LogP contribution >= 0.6 is 0 Å². The first-order valence-electron chi connectivity index (χ1n) is 7.31. The minimum atomic E-state index is 0.0876. The van der Waals surface area contributed by atoms with Crippen molar-refractivity contribution >= 4 is 11.9 Å². The van der Waals surface area contributed by atoms with Crippen LogP contribution in [0.3, 0.4) is 0 Å². The molecule has 0 aliphatic carbocycles. The van der Waals surface area contributed by atoms with Crippen LogP contribution in [0.5, 0.6) is 0 Å². The summed E-state index contributed by atoms with van der Waals surface area (Å²) in [4.78, 5) is 15.5.